The first-order valence-corrected chi connectivity index (χ1v) is 10.6. The zero-order valence-electron chi connectivity index (χ0n) is 14.7. The predicted molar refractivity (Wildman–Crippen MR) is 110 cm³/mol. The summed E-state index contributed by atoms with van der Waals surface area (Å²) in [5.41, 5.74) is 0.288. The number of carbonyl (C=O) groups is 3. The van der Waals surface area contributed by atoms with Crippen molar-refractivity contribution >= 4 is 66.8 Å². The molecule has 2 saturated heterocycles. The van der Waals surface area contributed by atoms with Crippen LogP contribution < -0.4 is 4.74 Å². The Morgan fingerprint density at radius 1 is 1.36 bits per heavy atom. The molecule has 0 aromatic heterocycles. The van der Waals surface area contributed by atoms with Gasteiger partial charge in [-0.1, -0.05) is 0 Å². The van der Waals surface area contributed by atoms with Crippen LogP contribution in [0, 0.1) is 0 Å². The average molecular weight is 536 g/mol. The number of nitrogens with zero attached hydrogens (tertiary/aromatic N) is 2. The van der Waals surface area contributed by atoms with Gasteiger partial charge in [-0.25, -0.2) is 0 Å². The number of rotatable bonds is 4. The van der Waals surface area contributed by atoms with E-state index in [0.717, 1.165) is 16.7 Å². The van der Waals surface area contributed by atoms with Crippen LogP contribution in [-0.2, 0) is 14.3 Å². The van der Waals surface area contributed by atoms with Gasteiger partial charge in [0.1, 0.15) is 6.54 Å². The Bertz CT molecular complexity index is 870. The highest BCUT2D eigenvalue weighted by Gasteiger charge is 2.37. The van der Waals surface area contributed by atoms with Gasteiger partial charge in [0.25, 0.3) is 11.1 Å². The Kier molecular flexibility index (Phi) is 6.69. The summed E-state index contributed by atoms with van der Waals surface area (Å²) in [5.74, 6) is -0.848. The van der Waals surface area contributed by atoms with Crippen molar-refractivity contribution in [2.45, 2.75) is 0 Å². The Hall–Kier alpha value is -1.56. The number of phenols is 1. The van der Waals surface area contributed by atoms with Crippen molar-refractivity contribution in [1.82, 2.24) is 9.80 Å². The number of phenolic OH excluding ortho intramolecular Hbond substituents is 1. The monoisotopic (exact) mass is 534 g/mol. The van der Waals surface area contributed by atoms with Crippen molar-refractivity contribution < 1.29 is 29.0 Å². The smallest absolute Gasteiger partial charge is 0.294 e. The first-order valence-electron chi connectivity index (χ1n) is 8.19. The summed E-state index contributed by atoms with van der Waals surface area (Å²) in [6, 6.07) is 1.57. The van der Waals surface area contributed by atoms with E-state index >= 15 is 0 Å². The van der Waals surface area contributed by atoms with E-state index in [0.29, 0.717) is 35.2 Å². The second-order valence-corrected chi connectivity index (χ2v) is 8.54. The maximum absolute atomic E-state index is 12.7. The van der Waals surface area contributed by atoms with Gasteiger partial charge in [-0.3, -0.25) is 19.3 Å². The minimum atomic E-state index is -0.582. The molecule has 0 unspecified atom stereocenters. The number of hydrogen-bond donors (Lipinski definition) is 1. The van der Waals surface area contributed by atoms with Gasteiger partial charge in [0.05, 0.1) is 25.2 Å². The third-order valence-electron chi connectivity index (χ3n) is 4.22. The molecule has 2 aliphatic heterocycles. The number of carbonyl (C=O) groups excluding carboxylic acids is 3. The molecule has 2 fully saturated rings. The highest BCUT2D eigenvalue weighted by molar-refractivity contribution is 9.13. The summed E-state index contributed by atoms with van der Waals surface area (Å²) < 4.78 is 11.4. The van der Waals surface area contributed by atoms with Crippen molar-refractivity contribution in [3.8, 4) is 11.5 Å². The molecule has 0 aliphatic carbocycles. The summed E-state index contributed by atoms with van der Waals surface area (Å²) in [5, 5.41) is 9.84. The fourth-order valence-corrected chi connectivity index (χ4v) is 4.37. The zero-order valence-corrected chi connectivity index (χ0v) is 18.7. The Morgan fingerprint density at radius 2 is 2.04 bits per heavy atom. The molecule has 0 radical (unpaired) electrons. The fraction of sp³-hybridized carbons (Fsp3) is 0.353. The molecule has 0 saturated carbocycles. The van der Waals surface area contributed by atoms with E-state index in [1.807, 2.05) is 0 Å². The fourth-order valence-electron chi connectivity index (χ4n) is 2.71. The summed E-state index contributed by atoms with van der Waals surface area (Å²) >= 11 is 7.40. The van der Waals surface area contributed by atoms with Crippen LogP contribution in [0.2, 0.25) is 0 Å². The van der Waals surface area contributed by atoms with Gasteiger partial charge in [0, 0.05) is 27.6 Å². The molecule has 3 amide bonds. The van der Waals surface area contributed by atoms with E-state index in [4.69, 9.17) is 9.47 Å². The van der Waals surface area contributed by atoms with E-state index in [1.165, 1.54) is 13.2 Å². The van der Waals surface area contributed by atoms with E-state index in [9.17, 15) is 19.5 Å². The Labute approximate surface area is 182 Å². The predicted octanol–water partition coefficient (Wildman–Crippen LogP) is 2.82. The lowest BCUT2D eigenvalue weighted by atomic mass is 10.1. The van der Waals surface area contributed by atoms with Gasteiger partial charge in [-0.2, -0.15) is 0 Å². The van der Waals surface area contributed by atoms with E-state index in [-0.39, 0.29) is 34.4 Å². The molecule has 1 N–H and O–H groups in total. The second-order valence-electron chi connectivity index (χ2n) is 5.90. The van der Waals surface area contributed by atoms with Crippen molar-refractivity contribution in [3.05, 3.63) is 25.5 Å². The summed E-state index contributed by atoms with van der Waals surface area (Å²) in [7, 11) is 1.41. The molecule has 3 rings (SSSR count). The molecule has 1 aromatic rings. The van der Waals surface area contributed by atoms with Gasteiger partial charge in [-0.15, -0.1) is 0 Å². The maximum Gasteiger partial charge on any atom is 0.294 e. The minimum absolute atomic E-state index is 0.107. The number of halogens is 2. The number of imide groups is 1. The van der Waals surface area contributed by atoms with E-state index < -0.39 is 11.1 Å². The minimum Gasteiger partial charge on any atom is -0.504 e. The van der Waals surface area contributed by atoms with Gasteiger partial charge in [0.15, 0.2) is 11.5 Å². The van der Waals surface area contributed by atoms with Crippen LogP contribution in [0.1, 0.15) is 5.56 Å². The maximum atomic E-state index is 12.7. The first-order chi connectivity index (χ1) is 13.3. The molecule has 150 valence electrons. The highest BCUT2D eigenvalue weighted by Crippen LogP contribution is 2.43. The number of ether oxygens (including phenoxy) is 2. The summed E-state index contributed by atoms with van der Waals surface area (Å²) in [6.07, 6.45) is 1.40. The highest BCUT2D eigenvalue weighted by atomic mass is 79.9. The van der Waals surface area contributed by atoms with Gasteiger partial charge in [-0.05, 0) is 55.8 Å². The number of aromatic hydroxyl groups is 1. The van der Waals surface area contributed by atoms with Crippen molar-refractivity contribution in [3.63, 3.8) is 0 Å². The van der Waals surface area contributed by atoms with Gasteiger partial charge < -0.3 is 19.5 Å². The number of benzene rings is 1. The van der Waals surface area contributed by atoms with Gasteiger partial charge >= 0.3 is 0 Å². The summed E-state index contributed by atoms with van der Waals surface area (Å²) in [4.78, 5) is 39.9. The first kappa shape index (κ1) is 21.2. The van der Waals surface area contributed by atoms with Crippen LogP contribution in [-0.4, -0.2) is 71.9 Å². The molecule has 2 aliphatic rings. The van der Waals surface area contributed by atoms with Crippen LogP contribution in [0.5, 0.6) is 11.5 Å². The van der Waals surface area contributed by atoms with Crippen LogP contribution in [0.4, 0.5) is 4.79 Å². The number of amides is 3. The molecular formula is C17H16Br2N2O6S. The number of morpholine rings is 1. The largest absolute Gasteiger partial charge is 0.504 e. The molecule has 28 heavy (non-hydrogen) atoms. The van der Waals surface area contributed by atoms with Crippen molar-refractivity contribution in [2.75, 3.05) is 40.0 Å². The van der Waals surface area contributed by atoms with E-state index in [1.54, 1.807) is 11.0 Å². The van der Waals surface area contributed by atoms with E-state index in [2.05, 4.69) is 31.9 Å². The summed E-state index contributed by atoms with van der Waals surface area (Å²) in [6.45, 7) is 1.42. The average Bonchev–Trinajstić information content (AvgIpc) is 2.96. The number of hydrogen-bond acceptors (Lipinski definition) is 7. The molecule has 0 spiro atoms. The third-order valence-corrected chi connectivity index (χ3v) is 7.14. The molecule has 0 atom stereocenters. The third kappa shape index (κ3) is 4.22. The Balaban J connectivity index is 1.84. The normalized spacial score (nSPS) is 18.9. The van der Waals surface area contributed by atoms with Crippen LogP contribution in [0.15, 0.2) is 19.9 Å². The quantitative estimate of drug-likeness (QED) is 0.592. The molecule has 0 bridgehead atoms. The Morgan fingerprint density at radius 3 is 2.68 bits per heavy atom. The topological polar surface area (TPSA) is 96.4 Å². The lowest BCUT2D eigenvalue weighted by Gasteiger charge is -2.28. The zero-order chi connectivity index (χ0) is 20.4. The van der Waals surface area contributed by atoms with Crippen LogP contribution in [0.3, 0.4) is 0 Å². The van der Waals surface area contributed by atoms with Crippen molar-refractivity contribution in [2.24, 2.45) is 0 Å². The lowest BCUT2D eigenvalue weighted by molar-refractivity contribution is -0.139. The molecule has 2 heterocycles. The lowest BCUT2D eigenvalue weighted by Crippen LogP contribution is -2.46. The standard InChI is InChI=1S/C17H16Br2N2O6S/c1-26-11-7-10(18)14(19)9(15(11)23)6-12-16(24)21(17(25)28-12)8-13(22)20-2-4-27-5-3-20/h6-7,23H,2-5,8H2,1H3/b12-6-. The molecule has 11 heteroatoms. The second kappa shape index (κ2) is 8.85. The van der Waals surface area contributed by atoms with Gasteiger partial charge in [0.2, 0.25) is 5.91 Å². The SMILES string of the molecule is COc1cc(Br)c(Br)c(/C=C2\SC(=O)N(CC(=O)N3CCOCC3)C2=O)c1O. The molecule has 8 nitrogen and oxygen atoms in total. The molecular weight excluding hydrogens is 520 g/mol. The number of thioether (sulfide) groups is 1. The van der Waals surface area contributed by atoms with Crippen LogP contribution in [0.25, 0.3) is 6.08 Å². The van der Waals surface area contributed by atoms with Crippen molar-refractivity contribution in [1.29, 1.82) is 0 Å². The van der Waals surface area contributed by atoms with Crippen LogP contribution >= 0.6 is 43.6 Å². The molecule has 1 aromatic carbocycles. The number of methoxy groups -OCH3 is 1.